The van der Waals surface area contributed by atoms with Crippen LogP contribution in [0.5, 0.6) is 6.01 Å². The van der Waals surface area contributed by atoms with Gasteiger partial charge in [-0.2, -0.15) is 4.98 Å². The van der Waals surface area contributed by atoms with Gasteiger partial charge < -0.3 is 25.0 Å². The van der Waals surface area contributed by atoms with Crippen LogP contribution < -0.4 is 16.0 Å². The second kappa shape index (κ2) is 11.1. The molecule has 0 bridgehead atoms. The molecule has 1 aromatic carbocycles. The first-order valence-corrected chi connectivity index (χ1v) is 11.6. The molecule has 34 heavy (non-hydrogen) atoms. The third-order valence-electron chi connectivity index (χ3n) is 5.71. The standard InChI is InChI=1S/C23H31N7O4/c1-2-3-12-34-23-27-22-19(21(30(23)32)25-8-9-28-10-13-33-14-11-28)26-16-29(22)15-17-4-6-18(7-5-17)20(24)31/h4-7,16,32H,2-3,8-15H2,1H3,(H2,24,31). The van der Waals surface area contributed by atoms with Gasteiger partial charge in [0, 0.05) is 25.2 Å². The van der Waals surface area contributed by atoms with Crippen molar-refractivity contribution in [2.45, 2.75) is 26.3 Å². The maximum Gasteiger partial charge on any atom is 0.334 e. The molecule has 0 radical (unpaired) electrons. The van der Waals surface area contributed by atoms with Crippen molar-refractivity contribution in [1.29, 1.82) is 0 Å². The number of morpholine rings is 1. The molecule has 0 aliphatic carbocycles. The quantitative estimate of drug-likeness (QED) is 0.335. The third kappa shape index (κ3) is 5.54. The number of unbranched alkanes of at least 4 members (excludes halogenated alkanes) is 1. The van der Waals surface area contributed by atoms with Gasteiger partial charge in [-0.1, -0.05) is 25.5 Å². The van der Waals surface area contributed by atoms with E-state index in [0.29, 0.717) is 41.9 Å². The largest absolute Gasteiger partial charge is 0.463 e. The van der Waals surface area contributed by atoms with E-state index in [2.05, 4.69) is 26.8 Å². The maximum atomic E-state index is 11.3. The van der Waals surface area contributed by atoms with Gasteiger partial charge in [0.25, 0.3) is 0 Å². The number of nitrogens with zero attached hydrogens (tertiary/aromatic N) is 6. The Morgan fingerprint density at radius 3 is 2.74 bits per heavy atom. The number of hydrogen-bond acceptors (Lipinski definition) is 8. The van der Waals surface area contributed by atoms with Gasteiger partial charge in [0.15, 0.2) is 16.7 Å². The number of nitrogens with two attached hydrogens (primary N) is 1. The number of aromatic nitrogens is 4. The minimum absolute atomic E-state index is 0.0805. The van der Waals surface area contributed by atoms with Gasteiger partial charge >= 0.3 is 6.01 Å². The number of rotatable bonds is 10. The lowest BCUT2D eigenvalue weighted by atomic mass is 10.1. The van der Waals surface area contributed by atoms with Crippen molar-refractivity contribution in [3.8, 4) is 6.01 Å². The minimum atomic E-state index is -0.467. The van der Waals surface area contributed by atoms with Crippen LogP contribution in [0.3, 0.4) is 0 Å². The number of carbonyl (C=O) groups excluding carboxylic acids is 1. The molecule has 11 nitrogen and oxygen atoms in total. The van der Waals surface area contributed by atoms with E-state index in [1.165, 1.54) is 0 Å². The lowest BCUT2D eigenvalue weighted by Crippen LogP contribution is -2.38. The fourth-order valence-corrected chi connectivity index (χ4v) is 3.73. The first kappa shape index (κ1) is 23.7. The van der Waals surface area contributed by atoms with E-state index in [0.717, 1.165) is 56.0 Å². The van der Waals surface area contributed by atoms with E-state index in [-0.39, 0.29) is 6.01 Å². The molecule has 0 atom stereocenters. The fraction of sp³-hybridized carbons (Fsp3) is 0.478. The summed E-state index contributed by atoms with van der Waals surface area (Å²) in [5, 5.41) is 10.8. The molecule has 1 fully saturated rings. The van der Waals surface area contributed by atoms with Crippen LogP contribution in [0.2, 0.25) is 0 Å². The zero-order valence-corrected chi connectivity index (χ0v) is 19.4. The highest BCUT2D eigenvalue weighted by Crippen LogP contribution is 2.15. The van der Waals surface area contributed by atoms with Gasteiger partial charge in [-0.15, -0.1) is 4.73 Å². The van der Waals surface area contributed by atoms with E-state index in [4.69, 9.17) is 15.2 Å². The van der Waals surface area contributed by atoms with Gasteiger partial charge in [0.2, 0.25) is 5.91 Å². The summed E-state index contributed by atoms with van der Waals surface area (Å²) in [6.45, 7) is 7.41. The highest BCUT2D eigenvalue weighted by atomic mass is 16.6. The monoisotopic (exact) mass is 469 g/mol. The molecule has 1 saturated heterocycles. The Hall–Kier alpha value is -3.44. The number of hydrogen-bond donors (Lipinski definition) is 2. The average Bonchev–Trinajstić information content (AvgIpc) is 3.24. The molecule has 0 unspecified atom stereocenters. The lowest BCUT2D eigenvalue weighted by Gasteiger charge is -2.25. The highest BCUT2D eigenvalue weighted by molar-refractivity contribution is 5.92. The number of carbonyl (C=O) groups is 1. The summed E-state index contributed by atoms with van der Waals surface area (Å²) in [5.74, 6) is -0.467. The number of benzene rings is 1. The van der Waals surface area contributed by atoms with E-state index < -0.39 is 5.91 Å². The molecule has 4 rings (SSSR count). The van der Waals surface area contributed by atoms with E-state index in [1.54, 1.807) is 18.5 Å². The number of fused-ring (bicyclic) bond motifs is 1. The Labute approximate surface area is 197 Å². The summed E-state index contributed by atoms with van der Waals surface area (Å²) in [6.07, 6.45) is 3.47. The summed E-state index contributed by atoms with van der Waals surface area (Å²) in [4.78, 5) is 27.3. The van der Waals surface area contributed by atoms with Crippen molar-refractivity contribution in [3.05, 3.63) is 47.2 Å². The van der Waals surface area contributed by atoms with Crippen LogP contribution in [-0.4, -0.2) is 81.3 Å². The minimum Gasteiger partial charge on any atom is -0.463 e. The Morgan fingerprint density at radius 1 is 1.26 bits per heavy atom. The Bertz CT molecular complexity index is 1180. The van der Waals surface area contributed by atoms with Crippen molar-refractivity contribution >= 4 is 17.1 Å². The van der Waals surface area contributed by atoms with Gasteiger partial charge in [0.05, 0.1) is 39.2 Å². The molecule has 3 N–H and O–H groups in total. The maximum absolute atomic E-state index is 11.3. The van der Waals surface area contributed by atoms with Gasteiger partial charge in [-0.3, -0.25) is 14.7 Å². The molecule has 11 heteroatoms. The van der Waals surface area contributed by atoms with Crippen LogP contribution >= 0.6 is 0 Å². The smallest absolute Gasteiger partial charge is 0.334 e. The van der Waals surface area contributed by atoms with Crippen LogP contribution in [-0.2, 0) is 11.3 Å². The summed E-state index contributed by atoms with van der Waals surface area (Å²) < 4.78 is 13.9. The summed E-state index contributed by atoms with van der Waals surface area (Å²) in [6, 6.07) is 7.15. The first-order valence-electron chi connectivity index (χ1n) is 11.6. The zero-order chi connectivity index (χ0) is 23.9. The van der Waals surface area contributed by atoms with Gasteiger partial charge in [-0.05, 0) is 24.1 Å². The second-order valence-electron chi connectivity index (χ2n) is 8.17. The summed E-state index contributed by atoms with van der Waals surface area (Å²) in [5.41, 5.74) is 8.09. The Kier molecular flexibility index (Phi) is 7.76. The van der Waals surface area contributed by atoms with Crippen molar-refractivity contribution in [2.75, 3.05) is 46.0 Å². The van der Waals surface area contributed by atoms with E-state index in [1.807, 2.05) is 16.7 Å². The summed E-state index contributed by atoms with van der Waals surface area (Å²) in [7, 11) is 0. The van der Waals surface area contributed by atoms with Gasteiger partial charge in [-0.25, -0.2) is 4.98 Å². The SMILES string of the molecule is CCCCOc1nc2c(ncn2Cc2ccc(C(N)=O)cc2)c(=NCCN2CCOCC2)n1O. The number of ether oxygens (including phenoxy) is 2. The molecular formula is C23H31N7O4. The van der Waals surface area contributed by atoms with E-state index >= 15 is 0 Å². The average molecular weight is 470 g/mol. The fourth-order valence-electron chi connectivity index (χ4n) is 3.73. The molecule has 1 aliphatic heterocycles. The normalized spacial score (nSPS) is 15.1. The summed E-state index contributed by atoms with van der Waals surface area (Å²) >= 11 is 0. The number of primary amides is 1. The molecular weight excluding hydrogens is 438 g/mol. The first-order chi connectivity index (χ1) is 16.6. The van der Waals surface area contributed by atoms with Crippen LogP contribution in [0.1, 0.15) is 35.7 Å². The molecule has 0 saturated carbocycles. The Balaban J connectivity index is 1.65. The van der Waals surface area contributed by atoms with Crippen LogP contribution in [0.4, 0.5) is 0 Å². The van der Waals surface area contributed by atoms with Crippen LogP contribution in [0.25, 0.3) is 11.2 Å². The number of imidazole rings is 1. The lowest BCUT2D eigenvalue weighted by molar-refractivity contribution is 0.0392. The van der Waals surface area contributed by atoms with Crippen LogP contribution in [0.15, 0.2) is 35.6 Å². The molecule has 3 aromatic rings. The van der Waals surface area contributed by atoms with Crippen LogP contribution in [0, 0.1) is 0 Å². The molecule has 1 aliphatic rings. The van der Waals surface area contributed by atoms with Gasteiger partial charge in [0.1, 0.15) is 0 Å². The predicted molar refractivity (Wildman–Crippen MR) is 125 cm³/mol. The molecule has 1 amide bonds. The zero-order valence-electron chi connectivity index (χ0n) is 19.4. The van der Waals surface area contributed by atoms with Crippen molar-refractivity contribution < 1.29 is 19.5 Å². The third-order valence-corrected chi connectivity index (χ3v) is 5.71. The Morgan fingerprint density at radius 2 is 2.03 bits per heavy atom. The predicted octanol–water partition coefficient (Wildman–Crippen LogP) is 1.03. The highest BCUT2D eigenvalue weighted by Gasteiger charge is 2.16. The topological polar surface area (TPSA) is 133 Å². The van der Waals surface area contributed by atoms with Crippen molar-refractivity contribution in [2.24, 2.45) is 10.7 Å². The molecule has 0 spiro atoms. The number of amides is 1. The second-order valence-corrected chi connectivity index (χ2v) is 8.17. The molecule has 182 valence electrons. The van der Waals surface area contributed by atoms with E-state index in [9.17, 15) is 10.0 Å². The molecule has 2 aromatic heterocycles. The van der Waals surface area contributed by atoms with Crippen molar-refractivity contribution in [3.63, 3.8) is 0 Å². The van der Waals surface area contributed by atoms with Crippen molar-refractivity contribution in [1.82, 2.24) is 24.2 Å². The molecule has 3 heterocycles.